The normalized spacial score (nSPS) is 14.1. The minimum absolute atomic E-state index is 0.0864. The van der Waals surface area contributed by atoms with Crippen molar-refractivity contribution >= 4 is 40.5 Å². The number of hydrogen-bond donors (Lipinski definition) is 1. The third-order valence-electron chi connectivity index (χ3n) is 4.44. The van der Waals surface area contributed by atoms with Gasteiger partial charge in [-0.2, -0.15) is 0 Å². The Morgan fingerprint density at radius 1 is 1.04 bits per heavy atom. The molecule has 0 aliphatic carbocycles. The second-order valence-electron chi connectivity index (χ2n) is 6.28. The van der Waals surface area contributed by atoms with E-state index >= 15 is 0 Å². The molecule has 2 aromatic carbocycles. The topological polar surface area (TPSA) is 67.6 Å². The molecule has 3 aromatic rings. The van der Waals surface area contributed by atoms with E-state index in [1.165, 1.54) is 0 Å². The van der Waals surface area contributed by atoms with Crippen LogP contribution < -0.4 is 10.2 Å². The van der Waals surface area contributed by atoms with Crippen molar-refractivity contribution in [3.8, 4) is 11.3 Å². The van der Waals surface area contributed by atoms with Crippen molar-refractivity contribution in [2.45, 2.75) is 0 Å². The predicted octanol–water partition coefficient (Wildman–Crippen LogP) is 4.74. The predicted molar refractivity (Wildman–Crippen MR) is 109 cm³/mol. The van der Waals surface area contributed by atoms with Gasteiger partial charge in [0, 0.05) is 30.4 Å². The maximum absolute atomic E-state index is 12.5. The molecule has 1 aliphatic rings. The smallest absolute Gasteiger partial charge is 0.294 e. The third kappa shape index (κ3) is 3.99. The summed E-state index contributed by atoms with van der Waals surface area (Å²) in [5.41, 5.74) is 2.69. The zero-order valence-corrected chi connectivity index (χ0v) is 16.3. The SMILES string of the molecule is O=C(Nc1ccc(N2CCOCC2)c(Cl)c1)c1cc(-c2ccccc2Cl)no1. The van der Waals surface area contributed by atoms with Crippen molar-refractivity contribution < 1.29 is 14.1 Å². The molecule has 0 unspecified atom stereocenters. The first-order valence-corrected chi connectivity index (χ1v) is 9.52. The fraction of sp³-hybridized carbons (Fsp3) is 0.200. The van der Waals surface area contributed by atoms with Crippen LogP contribution in [0.4, 0.5) is 11.4 Å². The number of nitrogens with zero attached hydrogens (tertiary/aromatic N) is 2. The standard InChI is InChI=1S/C20H17Cl2N3O3/c21-15-4-2-1-3-14(15)17-12-19(28-24-17)20(26)23-13-5-6-18(16(22)11-13)25-7-9-27-10-8-25/h1-6,11-12H,7-10H2,(H,23,26). The van der Waals surface area contributed by atoms with Crippen LogP contribution in [-0.2, 0) is 4.74 Å². The molecule has 0 atom stereocenters. The quantitative estimate of drug-likeness (QED) is 0.663. The molecule has 144 valence electrons. The average Bonchev–Trinajstić information content (AvgIpc) is 3.19. The van der Waals surface area contributed by atoms with Crippen LogP contribution in [0.15, 0.2) is 53.1 Å². The van der Waals surface area contributed by atoms with Crippen LogP contribution in [-0.4, -0.2) is 37.4 Å². The lowest BCUT2D eigenvalue weighted by Crippen LogP contribution is -2.36. The number of ether oxygens (including phenoxy) is 1. The molecular weight excluding hydrogens is 401 g/mol. The first-order chi connectivity index (χ1) is 13.6. The number of rotatable bonds is 4. The van der Waals surface area contributed by atoms with Gasteiger partial charge in [0.15, 0.2) is 0 Å². The summed E-state index contributed by atoms with van der Waals surface area (Å²) in [6.07, 6.45) is 0. The van der Waals surface area contributed by atoms with Gasteiger partial charge in [-0.15, -0.1) is 0 Å². The molecule has 0 spiro atoms. The van der Waals surface area contributed by atoms with Gasteiger partial charge in [0.2, 0.25) is 5.76 Å². The van der Waals surface area contributed by atoms with E-state index in [4.69, 9.17) is 32.5 Å². The Morgan fingerprint density at radius 3 is 2.57 bits per heavy atom. The van der Waals surface area contributed by atoms with E-state index in [2.05, 4.69) is 15.4 Å². The van der Waals surface area contributed by atoms with Gasteiger partial charge in [0.05, 0.1) is 28.9 Å². The molecule has 1 aromatic heterocycles. The van der Waals surface area contributed by atoms with Gasteiger partial charge < -0.3 is 19.5 Å². The number of nitrogens with one attached hydrogen (secondary N) is 1. The van der Waals surface area contributed by atoms with E-state index in [9.17, 15) is 4.79 Å². The number of carbonyl (C=O) groups is 1. The van der Waals surface area contributed by atoms with E-state index in [1.807, 2.05) is 24.3 Å². The van der Waals surface area contributed by atoms with Gasteiger partial charge in [-0.25, -0.2) is 0 Å². The Kier molecular flexibility index (Phi) is 5.52. The second-order valence-corrected chi connectivity index (χ2v) is 7.09. The molecule has 28 heavy (non-hydrogen) atoms. The fourth-order valence-electron chi connectivity index (χ4n) is 3.02. The first-order valence-electron chi connectivity index (χ1n) is 8.77. The van der Waals surface area contributed by atoms with Crippen molar-refractivity contribution in [1.29, 1.82) is 0 Å². The second kappa shape index (κ2) is 8.22. The van der Waals surface area contributed by atoms with E-state index < -0.39 is 5.91 Å². The van der Waals surface area contributed by atoms with Gasteiger partial charge in [0.25, 0.3) is 5.91 Å². The number of carbonyl (C=O) groups excluding carboxylic acids is 1. The molecule has 1 aliphatic heterocycles. The van der Waals surface area contributed by atoms with Crippen LogP contribution >= 0.6 is 23.2 Å². The van der Waals surface area contributed by atoms with Crippen LogP contribution in [0.5, 0.6) is 0 Å². The molecule has 0 bridgehead atoms. The minimum atomic E-state index is -0.416. The fourth-order valence-corrected chi connectivity index (χ4v) is 3.55. The third-order valence-corrected chi connectivity index (χ3v) is 5.07. The zero-order valence-electron chi connectivity index (χ0n) is 14.8. The number of aromatic nitrogens is 1. The van der Waals surface area contributed by atoms with Crippen LogP contribution in [0.25, 0.3) is 11.3 Å². The Hall–Kier alpha value is -2.54. The summed E-state index contributed by atoms with van der Waals surface area (Å²) in [6, 6.07) is 14.2. The molecule has 0 radical (unpaired) electrons. The number of benzene rings is 2. The highest BCUT2D eigenvalue weighted by Crippen LogP contribution is 2.30. The lowest BCUT2D eigenvalue weighted by atomic mass is 10.1. The number of amides is 1. The van der Waals surface area contributed by atoms with Gasteiger partial charge in [-0.1, -0.05) is 46.6 Å². The lowest BCUT2D eigenvalue weighted by molar-refractivity contribution is 0.0988. The lowest BCUT2D eigenvalue weighted by Gasteiger charge is -2.29. The molecule has 1 fully saturated rings. The molecule has 0 saturated carbocycles. The largest absolute Gasteiger partial charge is 0.378 e. The maximum Gasteiger partial charge on any atom is 0.294 e. The van der Waals surface area contributed by atoms with Crippen molar-refractivity contribution in [3.63, 3.8) is 0 Å². The number of hydrogen-bond acceptors (Lipinski definition) is 5. The van der Waals surface area contributed by atoms with E-state index in [0.717, 1.165) is 18.8 Å². The number of anilines is 2. The summed E-state index contributed by atoms with van der Waals surface area (Å²) in [4.78, 5) is 14.7. The van der Waals surface area contributed by atoms with Crippen molar-refractivity contribution in [2.75, 3.05) is 36.5 Å². The van der Waals surface area contributed by atoms with Crippen LogP contribution in [0.1, 0.15) is 10.6 Å². The molecule has 4 rings (SSSR count). The highest BCUT2D eigenvalue weighted by atomic mass is 35.5. The van der Waals surface area contributed by atoms with Crippen molar-refractivity contribution in [1.82, 2.24) is 5.16 Å². The summed E-state index contributed by atoms with van der Waals surface area (Å²) in [6.45, 7) is 2.92. The summed E-state index contributed by atoms with van der Waals surface area (Å²) < 4.78 is 10.5. The zero-order chi connectivity index (χ0) is 19.5. The highest BCUT2D eigenvalue weighted by molar-refractivity contribution is 6.34. The van der Waals surface area contributed by atoms with Crippen LogP contribution in [0, 0.1) is 0 Å². The summed E-state index contributed by atoms with van der Waals surface area (Å²) in [5, 5.41) is 7.81. The Labute approximate surface area is 172 Å². The average molecular weight is 418 g/mol. The molecule has 1 saturated heterocycles. The maximum atomic E-state index is 12.5. The molecule has 6 nitrogen and oxygen atoms in total. The highest BCUT2D eigenvalue weighted by Gasteiger charge is 2.18. The Bertz CT molecular complexity index is 1000. The summed E-state index contributed by atoms with van der Waals surface area (Å²) in [5.74, 6) is -0.329. The molecule has 8 heteroatoms. The van der Waals surface area contributed by atoms with Gasteiger partial charge in [0.1, 0.15) is 5.69 Å². The summed E-state index contributed by atoms with van der Waals surface area (Å²) >= 11 is 12.6. The molecule has 2 heterocycles. The van der Waals surface area contributed by atoms with E-state index in [0.29, 0.717) is 40.2 Å². The molecule has 1 N–H and O–H groups in total. The van der Waals surface area contributed by atoms with Gasteiger partial charge in [-0.3, -0.25) is 4.79 Å². The monoisotopic (exact) mass is 417 g/mol. The molecular formula is C20H17Cl2N3O3. The van der Waals surface area contributed by atoms with Crippen molar-refractivity contribution in [3.05, 3.63) is 64.3 Å². The first kappa shape index (κ1) is 18.8. The van der Waals surface area contributed by atoms with Crippen LogP contribution in [0.2, 0.25) is 10.0 Å². The minimum Gasteiger partial charge on any atom is -0.378 e. The summed E-state index contributed by atoms with van der Waals surface area (Å²) in [7, 11) is 0. The van der Waals surface area contributed by atoms with Gasteiger partial charge >= 0.3 is 0 Å². The molecule has 1 amide bonds. The Balaban J connectivity index is 1.48. The number of halogens is 2. The van der Waals surface area contributed by atoms with Gasteiger partial charge in [-0.05, 0) is 24.3 Å². The van der Waals surface area contributed by atoms with Crippen LogP contribution in [0.3, 0.4) is 0 Å². The number of morpholine rings is 1. The van der Waals surface area contributed by atoms with E-state index in [-0.39, 0.29) is 5.76 Å². The van der Waals surface area contributed by atoms with E-state index in [1.54, 1.807) is 24.3 Å². The van der Waals surface area contributed by atoms with Crippen molar-refractivity contribution in [2.24, 2.45) is 0 Å². The Morgan fingerprint density at radius 2 is 1.82 bits per heavy atom.